The number of benzene rings is 3. The molecule has 0 unspecified atom stereocenters. The molecular weight excluding hydrogens is 370 g/mol. The van der Waals surface area contributed by atoms with Crippen LogP contribution in [0.3, 0.4) is 0 Å². The molecule has 30 heavy (non-hydrogen) atoms. The molecule has 3 aromatic carbocycles. The van der Waals surface area contributed by atoms with Crippen molar-refractivity contribution in [1.29, 1.82) is 0 Å². The van der Waals surface area contributed by atoms with Gasteiger partial charge in [-0.05, 0) is 29.8 Å². The second-order valence-electron chi connectivity index (χ2n) is 7.63. The SMILES string of the molecule is c1ccc(CN2CCN(c3nc(Nc4ccccc4)c4ccccc4n3)CC2)cc1. The lowest BCUT2D eigenvalue weighted by molar-refractivity contribution is 0.249. The molecule has 150 valence electrons. The van der Waals surface area contributed by atoms with Crippen molar-refractivity contribution >= 4 is 28.4 Å². The Bertz CT molecular complexity index is 1110. The van der Waals surface area contributed by atoms with E-state index in [4.69, 9.17) is 9.97 Å². The van der Waals surface area contributed by atoms with E-state index >= 15 is 0 Å². The summed E-state index contributed by atoms with van der Waals surface area (Å²) < 4.78 is 0. The summed E-state index contributed by atoms with van der Waals surface area (Å²) in [5.41, 5.74) is 3.36. The van der Waals surface area contributed by atoms with E-state index in [1.807, 2.05) is 30.3 Å². The zero-order valence-corrected chi connectivity index (χ0v) is 16.9. The summed E-state index contributed by atoms with van der Waals surface area (Å²) in [6.45, 7) is 4.86. The van der Waals surface area contributed by atoms with Crippen molar-refractivity contribution in [3.8, 4) is 0 Å². The molecule has 0 saturated carbocycles. The summed E-state index contributed by atoms with van der Waals surface area (Å²) >= 11 is 0. The van der Waals surface area contributed by atoms with Crippen molar-refractivity contribution in [2.75, 3.05) is 36.4 Å². The van der Waals surface area contributed by atoms with Crippen LogP contribution in [0.5, 0.6) is 0 Å². The molecule has 1 N–H and O–H groups in total. The summed E-state index contributed by atoms with van der Waals surface area (Å²) in [5.74, 6) is 1.65. The summed E-state index contributed by atoms with van der Waals surface area (Å²) in [4.78, 5) is 14.6. The highest BCUT2D eigenvalue weighted by atomic mass is 15.3. The molecule has 0 bridgehead atoms. The van der Waals surface area contributed by atoms with Crippen LogP contribution in [0, 0.1) is 0 Å². The number of hydrogen-bond acceptors (Lipinski definition) is 5. The third-order valence-electron chi connectivity index (χ3n) is 5.53. The summed E-state index contributed by atoms with van der Waals surface area (Å²) in [6, 6.07) is 29.0. The Hall–Kier alpha value is -3.44. The van der Waals surface area contributed by atoms with Gasteiger partial charge >= 0.3 is 0 Å². The van der Waals surface area contributed by atoms with Gasteiger partial charge in [-0.1, -0.05) is 60.7 Å². The van der Waals surface area contributed by atoms with E-state index < -0.39 is 0 Å². The maximum absolute atomic E-state index is 4.91. The van der Waals surface area contributed by atoms with Crippen LogP contribution in [0.15, 0.2) is 84.9 Å². The van der Waals surface area contributed by atoms with Crippen LogP contribution in [0.4, 0.5) is 17.5 Å². The maximum atomic E-state index is 4.91. The number of anilines is 3. The molecular formula is C25H25N5. The van der Waals surface area contributed by atoms with E-state index in [1.54, 1.807) is 0 Å². The average Bonchev–Trinajstić information content (AvgIpc) is 2.81. The third-order valence-corrected chi connectivity index (χ3v) is 5.53. The quantitative estimate of drug-likeness (QED) is 0.531. The van der Waals surface area contributed by atoms with Crippen LogP contribution < -0.4 is 10.2 Å². The van der Waals surface area contributed by atoms with Gasteiger partial charge in [-0.3, -0.25) is 4.90 Å². The Labute approximate surface area is 177 Å². The molecule has 4 aromatic rings. The second-order valence-corrected chi connectivity index (χ2v) is 7.63. The van der Waals surface area contributed by atoms with Crippen molar-refractivity contribution in [3.63, 3.8) is 0 Å². The van der Waals surface area contributed by atoms with E-state index in [0.29, 0.717) is 0 Å². The molecule has 5 nitrogen and oxygen atoms in total. The Morgan fingerprint density at radius 2 is 1.37 bits per heavy atom. The molecule has 1 aromatic heterocycles. The van der Waals surface area contributed by atoms with Crippen LogP contribution >= 0.6 is 0 Å². The van der Waals surface area contributed by atoms with Crippen LogP contribution in [0.1, 0.15) is 5.56 Å². The van der Waals surface area contributed by atoms with Crippen molar-refractivity contribution in [3.05, 3.63) is 90.5 Å². The standard InChI is InChI=1S/C25H25N5/c1-3-9-20(10-4-1)19-29-15-17-30(18-16-29)25-27-23-14-8-7-13-22(23)24(28-25)26-21-11-5-2-6-12-21/h1-14H,15-19H2,(H,26,27,28). The highest BCUT2D eigenvalue weighted by Gasteiger charge is 2.20. The fraction of sp³-hybridized carbons (Fsp3) is 0.200. The maximum Gasteiger partial charge on any atom is 0.227 e. The first-order valence-corrected chi connectivity index (χ1v) is 10.5. The van der Waals surface area contributed by atoms with Gasteiger partial charge in [0.05, 0.1) is 5.52 Å². The van der Waals surface area contributed by atoms with Gasteiger partial charge in [0.15, 0.2) is 0 Å². The highest BCUT2D eigenvalue weighted by molar-refractivity contribution is 5.91. The van der Waals surface area contributed by atoms with Crippen LogP contribution in [0.25, 0.3) is 10.9 Å². The van der Waals surface area contributed by atoms with E-state index in [0.717, 1.165) is 61.1 Å². The lowest BCUT2D eigenvalue weighted by Crippen LogP contribution is -2.46. The van der Waals surface area contributed by atoms with Gasteiger partial charge in [-0.15, -0.1) is 0 Å². The van der Waals surface area contributed by atoms with Gasteiger partial charge in [0.1, 0.15) is 5.82 Å². The van der Waals surface area contributed by atoms with Gasteiger partial charge in [0, 0.05) is 43.8 Å². The lowest BCUT2D eigenvalue weighted by atomic mass is 10.2. The minimum atomic E-state index is 0.798. The topological polar surface area (TPSA) is 44.3 Å². The zero-order valence-electron chi connectivity index (χ0n) is 16.9. The monoisotopic (exact) mass is 395 g/mol. The van der Waals surface area contributed by atoms with E-state index in [2.05, 4.69) is 69.7 Å². The molecule has 1 aliphatic rings. The van der Waals surface area contributed by atoms with E-state index in [-0.39, 0.29) is 0 Å². The Balaban J connectivity index is 1.36. The number of fused-ring (bicyclic) bond motifs is 1. The normalized spacial score (nSPS) is 14.7. The first-order chi connectivity index (χ1) is 14.8. The molecule has 0 spiro atoms. The number of para-hydroxylation sites is 2. The molecule has 0 aliphatic carbocycles. The van der Waals surface area contributed by atoms with Crippen molar-refractivity contribution in [2.24, 2.45) is 0 Å². The number of piperazine rings is 1. The number of nitrogens with zero attached hydrogens (tertiary/aromatic N) is 4. The lowest BCUT2D eigenvalue weighted by Gasteiger charge is -2.35. The molecule has 1 fully saturated rings. The van der Waals surface area contributed by atoms with Crippen LogP contribution in [-0.2, 0) is 6.54 Å². The molecule has 0 atom stereocenters. The van der Waals surface area contributed by atoms with Gasteiger partial charge in [0.25, 0.3) is 0 Å². The minimum Gasteiger partial charge on any atom is -0.340 e. The second kappa shape index (κ2) is 8.51. The van der Waals surface area contributed by atoms with Crippen molar-refractivity contribution < 1.29 is 0 Å². The first-order valence-electron chi connectivity index (χ1n) is 10.5. The molecule has 2 heterocycles. The Morgan fingerprint density at radius 3 is 2.13 bits per heavy atom. The smallest absolute Gasteiger partial charge is 0.227 e. The molecule has 1 aliphatic heterocycles. The fourth-order valence-corrected chi connectivity index (χ4v) is 3.91. The summed E-state index contributed by atoms with van der Waals surface area (Å²) in [7, 11) is 0. The molecule has 5 heteroatoms. The average molecular weight is 396 g/mol. The third kappa shape index (κ3) is 4.11. The molecule has 0 amide bonds. The molecule has 1 saturated heterocycles. The number of nitrogens with one attached hydrogen (secondary N) is 1. The van der Waals surface area contributed by atoms with Crippen molar-refractivity contribution in [2.45, 2.75) is 6.54 Å². The zero-order chi connectivity index (χ0) is 20.2. The fourth-order valence-electron chi connectivity index (χ4n) is 3.91. The van der Waals surface area contributed by atoms with Gasteiger partial charge in [-0.25, -0.2) is 4.98 Å². The summed E-state index contributed by atoms with van der Waals surface area (Å²) in [5, 5.41) is 4.51. The highest BCUT2D eigenvalue weighted by Crippen LogP contribution is 2.26. The number of rotatable bonds is 5. The predicted octanol–water partition coefficient (Wildman–Crippen LogP) is 4.70. The number of aromatic nitrogens is 2. The van der Waals surface area contributed by atoms with Gasteiger partial charge in [-0.2, -0.15) is 4.98 Å². The van der Waals surface area contributed by atoms with Crippen molar-refractivity contribution in [1.82, 2.24) is 14.9 Å². The van der Waals surface area contributed by atoms with Gasteiger partial charge < -0.3 is 10.2 Å². The van der Waals surface area contributed by atoms with E-state index in [1.165, 1.54) is 5.56 Å². The largest absolute Gasteiger partial charge is 0.340 e. The first kappa shape index (κ1) is 18.6. The molecule has 5 rings (SSSR count). The van der Waals surface area contributed by atoms with Crippen LogP contribution in [0.2, 0.25) is 0 Å². The van der Waals surface area contributed by atoms with Crippen LogP contribution in [-0.4, -0.2) is 41.0 Å². The number of hydrogen-bond donors (Lipinski definition) is 1. The van der Waals surface area contributed by atoms with Gasteiger partial charge in [0.2, 0.25) is 5.95 Å². The van der Waals surface area contributed by atoms with E-state index in [9.17, 15) is 0 Å². The molecule has 0 radical (unpaired) electrons. The summed E-state index contributed by atoms with van der Waals surface area (Å²) in [6.07, 6.45) is 0. The minimum absolute atomic E-state index is 0.798. The predicted molar refractivity (Wildman–Crippen MR) is 123 cm³/mol. The Kier molecular flexibility index (Phi) is 5.27. The Morgan fingerprint density at radius 1 is 0.700 bits per heavy atom.